The first-order valence-corrected chi connectivity index (χ1v) is 6.70. The second-order valence-electron chi connectivity index (χ2n) is 5.23. The molecule has 1 aromatic heterocycles. The predicted octanol–water partition coefficient (Wildman–Crippen LogP) is 2.42. The van der Waals surface area contributed by atoms with Crippen LogP contribution in [0.3, 0.4) is 0 Å². The molecule has 1 heterocycles. The third-order valence-corrected chi connectivity index (χ3v) is 3.21. The summed E-state index contributed by atoms with van der Waals surface area (Å²) in [5.41, 5.74) is 0.983. The first kappa shape index (κ1) is 14.7. The minimum absolute atomic E-state index is 0.119. The number of aromatic amines is 1. The van der Waals surface area contributed by atoms with Gasteiger partial charge in [-0.2, -0.15) is 5.26 Å². The maximum absolute atomic E-state index is 12.0. The van der Waals surface area contributed by atoms with E-state index in [1.165, 1.54) is 0 Å². The molecule has 1 amide bonds. The molecule has 0 spiro atoms. The zero-order valence-electron chi connectivity index (χ0n) is 12.3. The fraction of sp³-hybridized carbons (Fsp3) is 0.333. The van der Waals surface area contributed by atoms with Crippen molar-refractivity contribution in [2.24, 2.45) is 0 Å². The van der Waals surface area contributed by atoms with E-state index < -0.39 is 5.41 Å². The number of aromatic nitrogens is 3. The van der Waals surface area contributed by atoms with Crippen LogP contribution in [0.2, 0.25) is 0 Å². The predicted molar refractivity (Wildman–Crippen MR) is 78.8 cm³/mol. The van der Waals surface area contributed by atoms with Gasteiger partial charge in [-0.05, 0) is 31.5 Å². The number of H-pyrrole nitrogens is 1. The molecular formula is C15H17N5O. The Morgan fingerprint density at radius 2 is 2.05 bits per heavy atom. The molecule has 0 saturated carbocycles. The molecule has 0 unspecified atom stereocenters. The number of rotatable bonds is 4. The molecule has 2 N–H and O–H groups in total. The van der Waals surface area contributed by atoms with E-state index in [-0.39, 0.29) is 11.7 Å². The molecular weight excluding hydrogens is 266 g/mol. The van der Waals surface area contributed by atoms with Crippen molar-refractivity contribution in [3.05, 3.63) is 41.5 Å². The summed E-state index contributed by atoms with van der Waals surface area (Å²) in [5, 5.41) is 18.4. The molecule has 0 bridgehead atoms. The fourth-order valence-electron chi connectivity index (χ4n) is 1.78. The zero-order chi connectivity index (χ0) is 15.5. The highest BCUT2D eigenvalue weighted by molar-refractivity contribution is 6.01. The van der Waals surface area contributed by atoms with Gasteiger partial charge in [0.05, 0.1) is 11.5 Å². The lowest BCUT2D eigenvalue weighted by molar-refractivity contribution is 0.101. The van der Waals surface area contributed by atoms with Crippen molar-refractivity contribution in [3.8, 4) is 6.07 Å². The molecule has 108 valence electrons. The van der Waals surface area contributed by atoms with Crippen LogP contribution >= 0.6 is 0 Å². The normalized spacial score (nSPS) is 11.0. The van der Waals surface area contributed by atoms with Crippen molar-refractivity contribution in [1.82, 2.24) is 15.2 Å². The second-order valence-corrected chi connectivity index (χ2v) is 5.23. The third kappa shape index (κ3) is 3.26. The summed E-state index contributed by atoms with van der Waals surface area (Å²) in [6.45, 7) is 5.62. The molecule has 0 saturated heterocycles. The van der Waals surface area contributed by atoms with Gasteiger partial charge in [0, 0.05) is 12.1 Å². The van der Waals surface area contributed by atoms with Crippen LogP contribution in [0.5, 0.6) is 0 Å². The van der Waals surface area contributed by atoms with Crippen molar-refractivity contribution in [2.45, 2.75) is 32.6 Å². The standard InChI is InChI=1S/C15H17N5O/c1-4-12-18-13(20-19-12)14(21)17-11-7-5-10(6-8-11)15(2,3)9-16/h5-8H,4H2,1-3H3,(H,17,21)(H,18,19,20). The number of carbonyl (C=O) groups is 1. The number of benzene rings is 1. The molecule has 0 fully saturated rings. The highest BCUT2D eigenvalue weighted by Crippen LogP contribution is 2.23. The number of nitrogens with one attached hydrogen (secondary N) is 2. The molecule has 0 aliphatic carbocycles. The van der Waals surface area contributed by atoms with Crippen molar-refractivity contribution in [2.75, 3.05) is 5.32 Å². The number of aryl methyl sites for hydroxylation is 1. The summed E-state index contributed by atoms with van der Waals surface area (Å²) in [6, 6.07) is 9.42. The van der Waals surface area contributed by atoms with E-state index in [1.807, 2.05) is 32.9 Å². The van der Waals surface area contributed by atoms with E-state index in [2.05, 4.69) is 26.6 Å². The van der Waals surface area contributed by atoms with Gasteiger partial charge in [0.25, 0.3) is 5.91 Å². The lowest BCUT2D eigenvalue weighted by Crippen LogP contribution is -2.15. The number of anilines is 1. The van der Waals surface area contributed by atoms with E-state index >= 15 is 0 Å². The topological polar surface area (TPSA) is 94.5 Å². The average molecular weight is 283 g/mol. The summed E-state index contributed by atoms with van der Waals surface area (Å²) in [7, 11) is 0. The maximum Gasteiger partial charge on any atom is 0.295 e. The Morgan fingerprint density at radius 3 is 2.57 bits per heavy atom. The summed E-state index contributed by atoms with van der Waals surface area (Å²) in [4.78, 5) is 16.0. The summed E-state index contributed by atoms with van der Waals surface area (Å²) in [5.74, 6) is 0.429. The minimum atomic E-state index is -0.553. The van der Waals surface area contributed by atoms with Crippen molar-refractivity contribution >= 4 is 11.6 Å². The van der Waals surface area contributed by atoms with Crippen molar-refractivity contribution in [3.63, 3.8) is 0 Å². The van der Waals surface area contributed by atoms with Gasteiger partial charge in [0.15, 0.2) is 0 Å². The monoisotopic (exact) mass is 283 g/mol. The van der Waals surface area contributed by atoms with Crippen LogP contribution in [0.1, 0.15) is 42.8 Å². The maximum atomic E-state index is 12.0. The molecule has 6 heteroatoms. The van der Waals surface area contributed by atoms with Gasteiger partial charge in [-0.1, -0.05) is 19.1 Å². The lowest BCUT2D eigenvalue weighted by Gasteiger charge is -2.15. The fourth-order valence-corrected chi connectivity index (χ4v) is 1.78. The zero-order valence-corrected chi connectivity index (χ0v) is 12.3. The molecule has 1 aromatic carbocycles. The van der Waals surface area contributed by atoms with Gasteiger partial charge in [-0.25, -0.2) is 4.98 Å². The van der Waals surface area contributed by atoms with Gasteiger partial charge >= 0.3 is 0 Å². The van der Waals surface area contributed by atoms with Gasteiger partial charge in [0.1, 0.15) is 5.82 Å². The lowest BCUT2D eigenvalue weighted by atomic mass is 9.86. The van der Waals surface area contributed by atoms with Crippen molar-refractivity contribution in [1.29, 1.82) is 5.26 Å². The Labute approximate surface area is 123 Å². The number of nitriles is 1. The van der Waals surface area contributed by atoms with E-state index in [9.17, 15) is 4.79 Å². The van der Waals surface area contributed by atoms with Gasteiger partial charge in [-0.15, -0.1) is 5.10 Å². The van der Waals surface area contributed by atoms with Crippen LogP contribution < -0.4 is 5.32 Å². The van der Waals surface area contributed by atoms with Crippen LogP contribution in [0.15, 0.2) is 24.3 Å². The van der Waals surface area contributed by atoms with E-state index in [0.29, 0.717) is 17.9 Å². The number of nitrogens with zero attached hydrogens (tertiary/aromatic N) is 3. The Balaban J connectivity index is 2.10. The Hall–Kier alpha value is -2.68. The van der Waals surface area contributed by atoms with E-state index in [1.54, 1.807) is 12.1 Å². The molecule has 6 nitrogen and oxygen atoms in total. The number of hydrogen-bond acceptors (Lipinski definition) is 4. The largest absolute Gasteiger partial charge is 0.319 e. The number of carbonyl (C=O) groups excluding carboxylic acids is 1. The molecule has 0 aliphatic heterocycles. The Morgan fingerprint density at radius 1 is 1.38 bits per heavy atom. The van der Waals surface area contributed by atoms with Crippen LogP contribution in [0.4, 0.5) is 5.69 Å². The van der Waals surface area contributed by atoms with Crippen LogP contribution in [0.25, 0.3) is 0 Å². The summed E-state index contributed by atoms with van der Waals surface area (Å²) >= 11 is 0. The van der Waals surface area contributed by atoms with E-state index in [4.69, 9.17) is 5.26 Å². The van der Waals surface area contributed by atoms with E-state index in [0.717, 1.165) is 5.56 Å². The quantitative estimate of drug-likeness (QED) is 0.900. The van der Waals surface area contributed by atoms with Crippen molar-refractivity contribution < 1.29 is 4.79 Å². The summed E-state index contributed by atoms with van der Waals surface area (Å²) in [6.07, 6.45) is 0.693. The molecule has 0 atom stereocenters. The molecule has 2 aromatic rings. The van der Waals surface area contributed by atoms with Crippen LogP contribution in [0, 0.1) is 11.3 Å². The van der Waals surface area contributed by atoms with Gasteiger partial charge in [-0.3, -0.25) is 9.89 Å². The van der Waals surface area contributed by atoms with Crippen LogP contribution in [-0.4, -0.2) is 21.1 Å². The molecule has 0 radical (unpaired) electrons. The highest BCUT2D eigenvalue weighted by atomic mass is 16.2. The number of hydrogen-bond donors (Lipinski definition) is 2. The van der Waals surface area contributed by atoms with Crippen LogP contribution in [-0.2, 0) is 11.8 Å². The first-order chi connectivity index (χ1) is 9.96. The Bertz CT molecular complexity index is 679. The average Bonchev–Trinajstić information content (AvgIpc) is 2.97. The van der Waals surface area contributed by atoms with Gasteiger partial charge in [0.2, 0.25) is 5.82 Å². The highest BCUT2D eigenvalue weighted by Gasteiger charge is 2.19. The minimum Gasteiger partial charge on any atom is -0.319 e. The SMILES string of the molecule is CCc1nc(C(=O)Nc2ccc(C(C)(C)C#N)cc2)n[nH]1. The molecule has 2 rings (SSSR count). The Kier molecular flexibility index (Phi) is 4.03. The van der Waals surface area contributed by atoms with Gasteiger partial charge < -0.3 is 5.32 Å². The smallest absolute Gasteiger partial charge is 0.295 e. The second kappa shape index (κ2) is 5.75. The summed E-state index contributed by atoms with van der Waals surface area (Å²) < 4.78 is 0. The first-order valence-electron chi connectivity index (χ1n) is 6.70. The molecule has 21 heavy (non-hydrogen) atoms. The number of amides is 1. The molecule has 0 aliphatic rings. The third-order valence-electron chi connectivity index (χ3n) is 3.21.